The third-order valence-corrected chi connectivity index (χ3v) is 3.71. The number of ether oxygens (including phenoxy) is 1. The standard InChI is InChI=1S/C20H21N3O2/c1-13(2)22-20(24)14(3)25-16-10-8-15(9-11-16)19-12-21-17-6-4-5-7-18(17)23-19/h4-14H,1-3H3,(H,22,24)/t14-/m1/s1. The molecule has 0 aliphatic heterocycles. The molecule has 0 bridgehead atoms. The van der Waals surface area contributed by atoms with Crippen molar-refractivity contribution in [1.29, 1.82) is 0 Å². The molecule has 3 aromatic rings. The van der Waals surface area contributed by atoms with E-state index in [-0.39, 0.29) is 11.9 Å². The lowest BCUT2D eigenvalue weighted by molar-refractivity contribution is -0.127. The lowest BCUT2D eigenvalue weighted by Gasteiger charge is -2.16. The molecule has 0 saturated heterocycles. The molecule has 0 saturated carbocycles. The summed E-state index contributed by atoms with van der Waals surface area (Å²) in [7, 11) is 0. The topological polar surface area (TPSA) is 64.1 Å². The van der Waals surface area contributed by atoms with Crippen LogP contribution in [0, 0.1) is 0 Å². The van der Waals surface area contributed by atoms with Crippen molar-refractivity contribution in [2.75, 3.05) is 0 Å². The van der Waals surface area contributed by atoms with Gasteiger partial charge in [-0.15, -0.1) is 0 Å². The predicted octanol–water partition coefficient (Wildman–Crippen LogP) is 3.59. The van der Waals surface area contributed by atoms with Gasteiger partial charge in [-0.2, -0.15) is 0 Å². The Bertz CT molecular complexity index is 876. The minimum Gasteiger partial charge on any atom is -0.481 e. The van der Waals surface area contributed by atoms with Crippen LogP contribution in [0.2, 0.25) is 0 Å². The predicted molar refractivity (Wildman–Crippen MR) is 98.3 cm³/mol. The fraction of sp³-hybridized carbons (Fsp3) is 0.250. The Morgan fingerprint density at radius 3 is 2.36 bits per heavy atom. The van der Waals surface area contributed by atoms with Gasteiger partial charge in [-0.05, 0) is 57.2 Å². The number of para-hydroxylation sites is 2. The number of aromatic nitrogens is 2. The maximum atomic E-state index is 11.9. The molecule has 25 heavy (non-hydrogen) atoms. The van der Waals surface area contributed by atoms with Crippen LogP contribution in [-0.4, -0.2) is 28.0 Å². The van der Waals surface area contributed by atoms with Gasteiger partial charge in [-0.1, -0.05) is 12.1 Å². The number of fused-ring (bicyclic) bond motifs is 1. The molecule has 1 amide bonds. The normalized spacial score (nSPS) is 12.2. The van der Waals surface area contributed by atoms with Gasteiger partial charge in [0, 0.05) is 11.6 Å². The summed E-state index contributed by atoms with van der Waals surface area (Å²) >= 11 is 0. The minimum absolute atomic E-state index is 0.0902. The van der Waals surface area contributed by atoms with E-state index in [0.717, 1.165) is 22.3 Å². The first-order chi connectivity index (χ1) is 12.0. The Balaban J connectivity index is 1.74. The highest BCUT2D eigenvalue weighted by Gasteiger charge is 2.15. The minimum atomic E-state index is -0.547. The number of benzene rings is 2. The van der Waals surface area contributed by atoms with Crippen LogP contribution in [-0.2, 0) is 4.79 Å². The summed E-state index contributed by atoms with van der Waals surface area (Å²) in [6.45, 7) is 5.58. The largest absolute Gasteiger partial charge is 0.481 e. The van der Waals surface area contributed by atoms with Crippen molar-refractivity contribution in [2.45, 2.75) is 32.9 Å². The van der Waals surface area contributed by atoms with Crippen LogP contribution in [0.4, 0.5) is 0 Å². The summed E-state index contributed by atoms with van der Waals surface area (Å²) in [5.41, 5.74) is 3.48. The first-order valence-electron chi connectivity index (χ1n) is 8.32. The van der Waals surface area contributed by atoms with Gasteiger partial charge in [-0.3, -0.25) is 9.78 Å². The number of carbonyl (C=O) groups is 1. The molecule has 128 valence electrons. The Kier molecular flexibility index (Phi) is 4.93. The molecule has 1 N–H and O–H groups in total. The Morgan fingerprint density at radius 1 is 1.00 bits per heavy atom. The average molecular weight is 335 g/mol. The number of hydrogen-bond acceptors (Lipinski definition) is 4. The van der Waals surface area contributed by atoms with Crippen LogP contribution in [0.25, 0.3) is 22.3 Å². The fourth-order valence-corrected chi connectivity index (χ4v) is 2.46. The third-order valence-electron chi connectivity index (χ3n) is 3.71. The van der Waals surface area contributed by atoms with E-state index in [2.05, 4.69) is 15.3 Å². The third kappa shape index (κ3) is 4.12. The molecule has 0 unspecified atom stereocenters. The lowest BCUT2D eigenvalue weighted by Crippen LogP contribution is -2.39. The molecule has 3 rings (SSSR count). The summed E-state index contributed by atoms with van der Waals surface area (Å²) in [5, 5.41) is 2.83. The zero-order valence-corrected chi connectivity index (χ0v) is 14.6. The molecule has 1 atom stereocenters. The molecular formula is C20H21N3O2. The summed E-state index contributed by atoms with van der Waals surface area (Å²) in [4.78, 5) is 21.0. The first-order valence-corrected chi connectivity index (χ1v) is 8.32. The molecule has 5 nitrogen and oxygen atoms in total. The maximum Gasteiger partial charge on any atom is 0.260 e. The van der Waals surface area contributed by atoms with Gasteiger partial charge in [0.05, 0.1) is 22.9 Å². The molecule has 0 aliphatic carbocycles. The van der Waals surface area contributed by atoms with Crippen LogP contribution >= 0.6 is 0 Å². The van der Waals surface area contributed by atoms with E-state index in [1.165, 1.54) is 0 Å². The zero-order valence-electron chi connectivity index (χ0n) is 14.6. The van der Waals surface area contributed by atoms with Gasteiger partial charge in [0.25, 0.3) is 5.91 Å². The Morgan fingerprint density at radius 2 is 1.68 bits per heavy atom. The lowest BCUT2D eigenvalue weighted by atomic mass is 10.1. The van der Waals surface area contributed by atoms with E-state index in [1.807, 2.05) is 62.4 Å². The average Bonchev–Trinajstić information content (AvgIpc) is 2.61. The number of rotatable bonds is 5. The van der Waals surface area contributed by atoms with Gasteiger partial charge in [0.1, 0.15) is 5.75 Å². The molecular weight excluding hydrogens is 314 g/mol. The molecule has 0 aliphatic rings. The van der Waals surface area contributed by atoms with Crippen LogP contribution in [0.15, 0.2) is 54.7 Å². The van der Waals surface area contributed by atoms with Crippen molar-refractivity contribution < 1.29 is 9.53 Å². The monoisotopic (exact) mass is 335 g/mol. The van der Waals surface area contributed by atoms with Gasteiger partial charge in [0.2, 0.25) is 0 Å². The first kappa shape index (κ1) is 16.9. The molecule has 0 spiro atoms. The maximum absolute atomic E-state index is 11.9. The van der Waals surface area contributed by atoms with Crippen LogP contribution in [0.3, 0.4) is 0 Å². The molecule has 2 aromatic carbocycles. The number of carbonyl (C=O) groups excluding carboxylic acids is 1. The number of nitrogens with one attached hydrogen (secondary N) is 1. The highest BCUT2D eigenvalue weighted by molar-refractivity contribution is 5.81. The van der Waals surface area contributed by atoms with E-state index in [0.29, 0.717) is 5.75 Å². The summed E-state index contributed by atoms with van der Waals surface area (Å²) in [5.74, 6) is 0.517. The van der Waals surface area contributed by atoms with E-state index < -0.39 is 6.10 Å². The van der Waals surface area contributed by atoms with Gasteiger partial charge < -0.3 is 10.1 Å². The van der Waals surface area contributed by atoms with E-state index in [9.17, 15) is 4.79 Å². The zero-order chi connectivity index (χ0) is 17.8. The molecule has 0 fully saturated rings. The summed E-state index contributed by atoms with van der Waals surface area (Å²) in [6.07, 6.45) is 1.21. The van der Waals surface area contributed by atoms with Crippen molar-refractivity contribution in [3.8, 4) is 17.0 Å². The van der Waals surface area contributed by atoms with Gasteiger partial charge >= 0.3 is 0 Å². The van der Waals surface area contributed by atoms with E-state index >= 15 is 0 Å². The van der Waals surface area contributed by atoms with Crippen molar-refractivity contribution >= 4 is 16.9 Å². The smallest absolute Gasteiger partial charge is 0.260 e. The molecule has 0 radical (unpaired) electrons. The molecule has 5 heteroatoms. The van der Waals surface area contributed by atoms with Gasteiger partial charge in [0.15, 0.2) is 6.10 Å². The van der Waals surface area contributed by atoms with Crippen molar-refractivity contribution in [3.05, 3.63) is 54.7 Å². The van der Waals surface area contributed by atoms with E-state index in [1.54, 1.807) is 13.1 Å². The molecule has 1 heterocycles. The summed E-state index contributed by atoms with van der Waals surface area (Å²) in [6, 6.07) is 15.4. The Labute approximate surface area is 147 Å². The van der Waals surface area contributed by atoms with Crippen molar-refractivity contribution in [1.82, 2.24) is 15.3 Å². The molecule has 1 aromatic heterocycles. The van der Waals surface area contributed by atoms with Crippen LogP contribution in [0.5, 0.6) is 5.75 Å². The highest BCUT2D eigenvalue weighted by atomic mass is 16.5. The second kappa shape index (κ2) is 7.30. The number of hydrogen-bond donors (Lipinski definition) is 1. The SMILES string of the molecule is CC(C)NC(=O)[C@@H](C)Oc1ccc(-c2cnc3ccccc3n2)cc1. The van der Waals surface area contributed by atoms with Gasteiger partial charge in [-0.25, -0.2) is 4.98 Å². The summed E-state index contributed by atoms with van der Waals surface area (Å²) < 4.78 is 5.69. The van der Waals surface area contributed by atoms with Crippen molar-refractivity contribution in [3.63, 3.8) is 0 Å². The van der Waals surface area contributed by atoms with E-state index in [4.69, 9.17) is 4.74 Å². The fourth-order valence-electron chi connectivity index (χ4n) is 2.46. The van der Waals surface area contributed by atoms with Crippen molar-refractivity contribution in [2.24, 2.45) is 0 Å². The second-order valence-corrected chi connectivity index (χ2v) is 6.19. The van der Waals surface area contributed by atoms with Crippen LogP contribution < -0.4 is 10.1 Å². The Hall–Kier alpha value is -2.95. The highest BCUT2D eigenvalue weighted by Crippen LogP contribution is 2.22. The quantitative estimate of drug-likeness (QED) is 0.774. The number of amides is 1. The van der Waals surface area contributed by atoms with Crippen LogP contribution in [0.1, 0.15) is 20.8 Å². The second-order valence-electron chi connectivity index (χ2n) is 6.19. The number of nitrogens with zero attached hydrogens (tertiary/aromatic N) is 2.